The van der Waals surface area contributed by atoms with E-state index in [0.717, 1.165) is 24.1 Å². The third kappa shape index (κ3) is 4.09. The second kappa shape index (κ2) is 5.86. The first-order valence-electron chi connectivity index (χ1n) is 5.62. The van der Waals surface area contributed by atoms with Crippen LogP contribution >= 0.6 is 0 Å². The third-order valence-electron chi connectivity index (χ3n) is 3.18. The zero-order valence-electron chi connectivity index (χ0n) is 9.66. The summed E-state index contributed by atoms with van der Waals surface area (Å²) < 4.78 is 11.0. The highest BCUT2D eigenvalue weighted by atomic mass is 32.2. The molecule has 0 amide bonds. The Kier molecular flexibility index (Phi) is 5.10. The Morgan fingerprint density at radius 3 is 2.79 bits per heavy atom. The average Bonchev–Trinajstić information content (AvgIpc) is 2.15. The van der Waals surface area contributed by atoms with Gasteiger partial charge in [0.1, 0.15) is 0 Å². The van der Waals surface area contributed by atoms with Gasteiger partial charge in [0, 0.05) is 35.9 Å². The lowest BCUT2D eigenvalue weighted by atomic mass is 9.88. The Labute approximate surface area is 90.5 Å². The van der Waals surface area contributed by atoms with E-state index < -0.39 is 10.8 Å². The molecule has 0 radical (unpaired) electrons. The number of piperidine rings is 1. The minimum atomic E-state index is -0.631. The van der Waals surface area contributed by atoms with Crippen LogP contribution in [0.15, 0.2) is 0 Å². The number of likely N-dealkylation sites (tertiary alicyclic amines) is 1. The predicted octanol–water partition coefficient (Wildman–Crippen LogP) is 1.73. The largest absolute Gasteiger partial charge is 0.302 e. The molecule has 14 heavy (non-hydrogen) atoms. The third-order valence-corrected chi connectivity index (χ3v) is 3.94. The van der Waals surface area contributed by atoms with E-state index in [1.54, 1.807) is 6.26 Å². The standard InChI is InChI=1S/C11H23NOS/c1-10(2)11-5-4-6-12(9-11)7-8-14(3)13/h10-11H,4-9H2,1-3H3. The van der Waals surface area contributed by atoms with Crippen molar-refractivity contribution in [3.63, 3.8) is 0 Å². The highest BCUT2D eigenvalue weighted by Gasteiger charge is 2.21. The molecule has 0 aromatic rings. The van der Waals surface area contributed by atoms with Gasteiger partial charge in [-0.25, -0.2) is 0 Å². The highest BCUT2D eigenvalue weighted by molar-refractivity contribution is 7.84. The smallest absolute Gasteiger partial charge is 0.0359 e. The molecule has 3 heteroatoms. The Balaban J connectivity index is 2.29. The maximum absolute atomic E-state index is 11.0. The minimum Gasteiger partial charge on any atom is -0.302 e. The van der Waals surface area contributed by atoms with Gasteiger partial charge in [0.25, 0.3) is 0 Å². The van der Waals surface area contributed by atoms with Gasteiger partial charge in [-0.15, -0.1) is 0 Å². The molecule has 0 N–H and O–H groups in total. The van der Waals surface area contributed by atoms with Crippen LogP contribution in [0.5, 0.6) is 0 Å². The summed E-state index contributed by atoms with van der Waals surface area (Å²) in [6.45, 7) is 8.07. The van der Waals surface area contributed by atoms with E-state index in [4.69, 9.17) is 0 Å². The van der Waals surface area contributed by atoms with E-state index in [1.165, 1.54) is 25.9 Å². The molecule has 0 aliphatic carbocycles. The fourth-order valence-electron chi connectivity index (χ4n) is 2.10. The highest BCUT2D eigenvalue weighted by Crippen LogP contribution is 2.22. The summed E-state index contributed by atoms with van der Waals surface area (Å²) in [6, 6.07) is 0. The van der Waals surface area contributed by atoms with Gasteiger partial charge in [-0.1, -0.05) is 13.8 Å². The van der Waals surface area contributed by atoms with Crippen LogP contribution in [0.2, 0.25) is 0 Å². The van der Waals surface area contributed by atoms with Crippen molar-refractivity contribution in [2.24, 2.45) is 11.8 Å². The normalized spacial score (nSPS) is 26.7. The lowest BCUT2D eigenvalue weighted by molar-refractivity contribution is 0.153. The first kappa shape index (κ1) is 12.2. The first-order chi connectivity index (χ1) is 6.59. The fraction of sp³-hybridized carbons (Fsp3) is 1.00. The van der Waals surface area contributed by atoms with Crippen molar-refractivity contribution in [3.8, 4) is 0 Å². The first-order valence-corrected chi connectivity index (χ1v) is 7.34. The van der Waals surface area contributed by atoms with Gasteiger partial charge in [0.05, 0.1) is 0 Å². The fourth-order valence-corrected chi connectivity index (χ4v) is 2.61. The van der Waals surface area contributed by atoms with Crippen molar-refractivity contribution in [1.29, 1.82) is 0 Å². The Bertz CT molecular complexity index is 194. The van der Waals surface area contributed by atoms with E-state index in [0.29, 0.717) is 0 Å². The molecule has 0 aromatic carbocycles. The molecule has 2 atom stereocenters. The maximum Gasteiger partial charge on any atom is 0.0359 e. The molecule has 84 valence electrons. The second-order valence-corrected chi connectivity index (χ2v) is 6.28. The summed E-state index contributed by atoms with van der Waals surface area (Å²) in [4.78, 5) is 2.48. The quantitative estimate of drug-likeness (QED) is 0.715. The molecule has 1 aliphatic heterocycles. The van der Waals surface area contributed by atoms with Gasteiger partial charge in [0.15, 0.2) is 0 Å². The summed E-state index contributed by atoms with van der Waals surface area (Å²) in [5.41, 5.74) is 0. The van der Waals surface area contributed by atoms with Crippen molar-refractivity contribution in [2.75, 3.05) is 31.6 Å². The van der Waals surface area contributed by atoms with E-state index in [9.17, 15) is 4.21 Å². The molecule has 0 saturated carbocycles. The molecule has 1 saturated heterocycles. The van der Waals surface area contributed by atoms with Crippen molar-refractivity contribution >= 4 is 10.8 Å². The van der Waals surface area contributed by atoms with Crippen LogP contribution in [-0.2, 0) is 10.8 Å². The van der Waals surface area contributed by atoms with E-state index in [-0.39, 0.29) is 0 Å². The van der Waals surface area contributed by atoms with Crippen molar-refractivity contribution in [3.05, 3.63) is 0 Å². The zero-order valence-corrected chi connectivity index (χ0v) is 10.5. The molecule has 1 fully saturated rings. The molecular weight excluding hydrogens is 194 g/mol. The van der Waals surface area contributed by atoms with Crippen LogP contribution in [0.1, 0.15) is 26.7 Å². The molecule has 2 unspecified atom stereocenters. The van der Waals surface area contributed by atoms with Gasteiger partial charge in [-0.2, -0.15) is 0 Å². The average molecular weight is 217 g/mol. The number of hydrogen-bond donors (Lipinski definition) is 0. The molecule has 1 heterocycles. The van der Waals surface area contributed by atoms with Crippen molar-refractivity contribution < 1.29 is 4.21 Å². The molecule has 0 aromatic heterocycles. The molecular formula is C11H23NOS. The van der Waals surface area contributed by atoms with Gasteiger partial charge in [-0.3, -0.25) is 4.21 Å². The van der Waals surface area contributed by atoms with Crippen LogP contribution in [0.25, 0.3) is 0 Å². The topological polar surface area (TPSA) is 20.3 Å². The van der Waals surface area contributed by atoms with Crippen LogP contribution in [0.4, 0.5) is 0 Å². The number of nitrogens with zero attached hydrogens (tertiary/aromatic N) is 1. The maximum atomic E-state index is 11.0. The van der Waals surface area contributed by atoms with Crippen LogP contribution in [-0.4, -0.2) is 40.8 Å². The summed E-state index contributed by atoms with van der Waals surface area (Å²) in [5, 5.41) is 0. The summed E-state index contributed by atoms with van der Waals surface area (Å²) >= 11 is 0. The van der Waals surface area contributed by atoms with Gasteiger partial charge >= 0.3 is 0 Å². The Hall–Kier alpha value is 0.110. The lowest BCUT2D eigenvalue weighted by Gasteiger charge is -2.34. The van der Waals surface area contributed by atoms with E-state index in [1.807, 2.05) is 0 Å². The predicted molar refractivity (Wildman–Crippen MR) is 62.9 cm³/mol. The molecule has 1 aliphatic rings. The summed E-state index contributed by atoms with van der Waals surface area (Å²) in [6.07, 6.45) is 4.49. The van der Waals surface area contributed by atoms with Crippen LogP contribution in [0, 0.1) is 11.8 Å². The van der Waals surface area contributed by atoms with Crippen molar-refractivity contribution in [1.82, 2.24) is 4.90 Å². The van der Waals surface area contributed by atoms with Gasteiger partial charge < -0.3 is 4.90 Å². The van der Waals surface area contributed by atoms with Gasteiger partial charge in [-0.05, 0) is 31.2 Å². The van der Waals surface area contributed by atoms with E-state index in [2.05, 4.69) is 18.7 Å². The molecule has 2 nitrogen and oxygen atoms in total. The number of rotatable bonds is 4. The zero-order chi connectivity index (χ0) is 10.6. The minimum absolute atomic E-state index is 0.631. The monoisotopic (exact) mass is 217 g/mol. The SMILES string of the molecule is CC(C)C1CCCN(CCS(C)=O)C1. The van der Waals surface area contributed by atoms with Crippen LogP contribution in [0.3, 0.4) is 0 Å². The van der Waals surface area contributed by atoms with Crippen LogP contribution < -0.4 is 0 Å². The van der Waals surface area contributed by atoms with E-state index >= 15 is 0 Å². The summed E-state index contributed by atoms with van der Waals surface area (Å²) in [5.74, 6) is 2.49. The van der Waals surface area contributed by atoms with Gasteiger partial charge in [0.2, 0.25) is 0 Å². The molecule has 0 spiro atoms. The molecule has 0 bridgehead atoms. The summed E-state index contributed by atoms with van der Waals surface area (Å²) in [7, 11) is -0.631. The molecule has 1 rings (SSSR count). The lowest BCUT2D eigenvalue weighted by Crippen LogP contribution is -2.39. The Morgan fingerprint density at radius 2 is 2.21 bits per heavy atom. The Morgan fingerprint density at radius 1 is 1.50 bits per heavy atom. The van der Waals surface area contributed by atoms with Crippen molar-refractivity contribution in [2.45, 2.75) is 26.7 Å². The second-order valence-electron chi connectivity index (χ2n) is 4.72. The number of hydrogen-bond acceptors (Lipinski definition) is 2.